The average Bonchev–Trinajstić information content (AvgIpc) is 2.47. The van der Waals surface area contributed by atoms with E-state index in [1.807, 2.05) is 54.6 Å². The highest BCUT2D eigenvalue weighted by Crippen LogP contribution is 2.19. The van der Waals surface area contributed by atoms with E-state index in [4.69, 9.17) is 0 Å². The van der Waals surface area contributed by atoms with Gasteiger partial charge in [0, 0.05) is 17.1 Å². The van der Waals surface area contributed by atoms with Gasteiger partial charge in [-0.1, -0.05) is 52.3 Å². The third-order valence-corrected chi connectivity index (χ3v) is 3.57. The van der Waals surface area contributed by atoms with Crippen molar-refractivity contribution in [2.75, 3.05) is 5.32 Å². The summed E-state index contributed by atoms with van der Waals surface area (Å²) >= 11 is 3.36. The number of amides is 2. The second kappa shape index (κ2) is 7.75. The highest BCUT2D eigenvalue weighted by atomic mass is 79.9. The number of carbonyl (C=O) groups is 2. The molecule has 0 bridgehead atoms. The van der Waals surface area contributed by atoms with Crippen molar-refractivity contribution >= 4 is 33.4 Å². The molecule has 0 heterocycles. The molecule has 2 aromatic carbocycles. The molecular formula is C17H17BrN2O2. The Bertz CT molecular complexity index is 659. The predicted molar refractivity (Wildman–Crippen MR) is 90.4 cm³/mol. The highest BCUT2D eigenvalue weighted by Gasteiger charge is 2.17. The maximum Gasteiger partial charge on any atom is 0.226 e. The van der Waals surface area contributed by atoms with Crippen molar-refractivity contribution in [1.29, 1.82) is 0 Å². The molecule has 2 rings (SSSR count). The van der Waals surface area contributed by atoms with E-state index >= 15 is 0 Å². The lowest BCUT2D eigenvalue weighted by Crippen LogP contribution is -2.29. The number of hydrogen-bond donors (Lipinski definition) is 2. The Morgan fingerprint density at radius 3 is 2.45 bits per heavy atom. The molecule has 2 aromatic rings. The lowest BCUT2D eigenvalue weighted by Gasteiger charge is -2.18. The number of carbonyl (C=O) groups excluding carboxylic acids is 2. The topological polar surface area (TPSA) is 58.2 Å². The lowest BCUT2D eigenvalue weighted by molar-refractivity contribution is -0.120. The number of nitrogens with one attached hydrogen (secondary N) is 2. The van der Waals surface area contributed by atoms with Crippen molar-refractivity contribution < 1.29 is 9.59 Å². The molecule has 0 saturated heterocycles. The van der Waals surface area contributed by atoms with Gasteiger partial charge in [0.15, 0.2) is 0 Å². The van der Waals surface area contributed by atoms with Gasteiger partial charge >= 0.3 is 0 Å². The molecule has 0 spiro atoms. The summed E-state index contributed by atoms with van der Waals surface area (Å²) in [6, 6.07) is 16.5. The molecule has 1 atom stereocenters. The number of benzene rings is 2. The van der Waals surface area contributed by atoms with Crippen molar-refractivity contribution in [2.24, 2.45) is 0 Å². The summed E-state index contributed by atoms with van der Waals surface area (Å²) in [4.78, 5) is 23.6. The molecule has 0 saturated carbocycles. The Kier molecular flexibility index (Phi) is 5.72. The minimum Gasteiger partial charge on any atom is -0.349 e. The summed E-state index contributed by atoms with van der Waals surface area (Å²) in [5.74, 6) is -0.315. The molecule has 0 aliphatic carbocycles. The second-order valence-electron chi connectivity index (χ2n) is 4.93. The van der Waals surface area contributed by atoms with Crippen LogP contribution < -0.4 is 10.6 Å². The average molecular weight is 361 g/mol. The van der Waals surface area contributed by atoms with E-state index in [1.165, 1.54) is 6.92 Å². The number of halogens is 1. The molecule has 0 unspecified atom stereocenters. The smallest absolute Gasteiger partial charge is 0.226 e. The lowest BCUT2D eigenvalue weighted by atomic mass is 10.0. The number of hydrogen-bond acceptors (Lipinski definition) is 2. The standard InChI is InChI=1S/C17H17BrN2O2/c1-12(21)19-16(13-6-3-2-4-7-13)11-17(22)20-15-9-5-8-14(18)10-15/h2-10,16H,11H2,1H3,(H,19,21)(H,20,22)/t16-/m1/s1. The minimum atomic E-state index is -0.342. The zero-order valence-corrected chi connectivity index (χ0v) is 13.8. The predicted octanol–water partition coefficient (Wildman–Crippen LogP) is 3.66. The largest absolute Gasteiger partial charge is 0.349 e. The summed E-state index contributed by atoms with van der Waals surface area (Å²) < 4.78 is 0.895. The van der Waals surface area contributed by atoms with Gasteiger partial charge in [-0.2, -0.15) is 0 Å². The molecule has 0 fully saturated rings. The van der Waals surface area contributed by atoms with E-state index in [2.05, 4.69) is 26.6 Å². The van der Waals surface area contributed by atoms with Crippen LogP contribution in [0, 0.1) is 0 Å². The first-order valence-electron chi connectivity index (χ1n) is 6.92. The maximum atomic E-state index is 12.2. The maximum absolute atomic E-state index is 12.2. The first kappa shape index (κ1) is 16.2. The quantitative estimate of drug-likeness (QED) is 0.854. The van der Waals surface area contributed by atoms with E-state index in [9.17, 15) is 9.59 Å². The summed E-state index contributed by atoms with van der Waals surface area (Å²) in [5, 5.41) is 5.65. The van der Waals surface area contributed by atoms with Gasteiger partial charge in [0.1, 0.15) is 0 Å². The molecule has 0 aliphatic rings. The van der Waals surface area contributed by atoms with Crippen LogP contribution in [0.25, 0.3) is 0 Å². The fourth-order valence-electron chi connectivity index (χ4n) is 2.15. The Morgan fingerprint density at radius 1 is 1.09 bits per heavy atom. The van der Waals surface area contributed by atoms with E-state index in [0.29, 0.717) is 5.69 Å². The SMILES string of the molecule is CC(=O)N[C@H](CC(=O)Nc1cccc(Br)c1)c1ccccc1. The van der Waals surface area contributed by atoms with Crippen molar-refractivity contribution in [2.45, 2.75) is 19.4 Å². The van der Waals surface area contributed by atoms with Crippen LogP contribution in [0.1, 0.15) is 24.9 Å². The van der Waals surface area contributed by atoms with Crippen LogP contribution in [-0.4, -0.2) is 11.8 Å². The zero-order chi connectivity index (χ0) is 15.9. The first-order valence-corrected chi connectivity index (χ1v) is 7.71. The third kappa shape index (κ3) is 5.00. The van der Waals surface area contributed by atoms with Crippen molar-refractivity contribution in [3.05, 3.63) is 64.6 Å². The van der Waals surface area contributed by atoms with Crippen LogP contribution in [0.2, 0.25) is 0 Å². The van der Waals surface area contributed by atoms with Gasteiger partial charge in [0.2, 0.25) is 11.8 Å². The minimum absolute atomic E-state index is 0.152. The number of rotatable bonds is 5. The summed E-state index contributed by atoms with van der Waals surface area (Å²) in [5.41, 5.74) is 1.62. The molecule has 4 nitrogen and oxygen atoms in total. The fraction of sp³-hybridized carbons (Fsp3) is 0.176. The van der Waals surface area contributed by atoms with Gasteiger partial charge in [0.05, 0.1) is 12.5 Å². The Hall–Kier alpha value is -2.14. The highest BCUT2D eigenvalue weighted by molar-refractivity contribution is 9.10. The molecular weight excluding hydrogens is 344 g/mol. The molecule has 22 heavy (non-hydrogen) atoms. The van der Waals surface area contributed by atoms with Gasteiger partial charge < -0.3 is 10.6 Å². The monoisotopic (exact) mass is 360 g/mol. The van der Waals surface area contributed by atoms with Gasteiger partial charge in [-0.25, -0.2) is 0 Å². The van der Waals surface area contributed by atoms with Gasteiger partial charge in [-0.05, 0) is 23.8 Å². The van der Waals surface area contributed by atoms with Crippen LogP contribution in [0.3, 0.4) is 0 Å². The molecule has 0 aliphatic heterocycles. The van der Waals surface area contributed by atoms with Crippen LogP contribution in [0.5, 0.6) is 0 Å². The summed E-state index contributed by atoms with van der Waals surface area (Å²) in [7, 11) is 0. The molecule has 0 radical (unpaired) electrons. The normalized spacial score (nSPS) is 11.5. The van der Waals surface area contributed by atoms with Crippen LogP contribution in [-0.2, 0) is 9.59 Å². The molecule has 0 aromatic heterocycles. The van der Waals surface area contributed by atoms with Gasteiger partial charge in [-0.15, -0.1) is 0 Å². The Labute approximate surface area is 138 Å². The van der Waals surface area contributed by atoms with Gasteiger partial charge in [-0.3, -0.25) is 9.59 Å². The second-order valence-corrected chi connectivity index (χ2v) is 5.84. The van der Waals surface area contributed by atoms with E-state index in [-0.39, 0.29) is 24.3 Å². The molecule has 2 N–H and O–H groups in total. The van der Waals surface area contributed by atoms with Crippen molar-refractivity contribution in [3.63, 3.8) is 0 Å². The van der Waals surface area contributed by atoms with Crippen LogP contribution in [0.15, 0.2) is 59.1 Å². The molecule has 5 heteroatoms. The van der Waals surface area contributed by atoms with Crippen LogP contribution in [0.4, 0.5) is 5.69 Å². The van der Waals surface area contributed by atoms with E-state index in [1.54, 1.807) is 0 Å². The van der Waals surface area contributed by atoms with E-state index in [0.717, 1.165) is 10.0 Å². The van der Waals surface area contributed by atoms with E-state index < -0.39 is 0 Å². The first-order chi connectivity index (χ1) is 10.5. The molecule has 114 valence electrons. The third-order valence-electron chi connectivity index (χ3n) is 3.08. The van der Waals surface area contributed by atoms with Crippen LogP contribution >= 0.6 is 15.9 Å². The Morgan fingerprint density at radius 2 is 1.82 bits per heavy atom. The fourth-order valence-corrected chi connectivity index (χ4v) is 2.55. The molecule has 2 amide bonds. The Balaban J connectivity index is 2.06. The van der Waals surface area contributed by atoms with Crippen molar-refractivity contribution in [3.8, 4) is 0 Å². The number of anilines is 1. The summed E-state index contributed by atoms with van der Waals surface area (Å²) in [6.07, 6.45) is 0.177. The summed E-state index contributed by atoms with van der Waals surface area (Å²) in [6.45, 7) is 1.45. The zero-order valence-electron chi connectivity index (χ0n) is 12.2. The van der Waals surface area contributed by atoms with Crippen molar-refractivity contribution in [1.82, 2.24) is 5.32 Å². The van der Waals surface area contributed by atoms with Gasteiger partial charge in [0.25, 0.3) is 0 Å².